The van der Waals surface area contributed by atoms with Crippen molar-refractivity contribution in [1.29, 1.82) is 0 Å². The van der Waals surface area contributed by atoms with E-state index in [4.69, 9.17) is 14.2 Å². The highest BCUT2D eigenvalue weighted by Crippen LogP contribution is 2.16. The molecule has 0 radical (unpaired) electrons. The van der Waals surface area contributed by atoms with E-state index >= 15 is 0 Å². The third-order valence-corrected chi connectivity index (χ3v) is 4.34. The first-order chi connectivity index (χ1) is 11.3. The van der Waals surface area contributed by atoms with Gasteiger partial charge < -0.3 is 14.2 Å². The van der Waals surface area contributed by atoms with Crippen molar-refractivity contribution in [1.82, 2.24) is 4.72 Å². The molecule has 0 heterocycles. The van der Waals surface area contributed by atoms with Gasteiger partial charge in [-0.2, -0.15) is 0 Å². The Labute approximate surface area is 143 Å². The van der Waals surface area contributed by atoms with Crippen LogP contribution >= 0.6 is 0 Å². The predicted molar refractivity (Wildman–Crippen MR) is 89.5 cm³/mol. The Hall–Kier alpha value is -1.64. The molecule has 0 aliphatic rings. The minimum atomic E-state index is -3.57. The Kier molecular flexibility index (Phi) is 8.73. The average molecular weight is 359 g/mol. The number of benzene rings is 1. The van der Waals surface area contributed by atoms with E-state index in [1.165, 1.54) is 24.3 Å². The maximum absolute atomic E-state index is 12.1. The van der Waals surface area contributed by atoms with Crippen LogP contribution in [-0.4, -0.2) is 46.9 Å². The second-order valence-electron chi connectivity index (χ2n) is 5.24. The number of nitrogens with one attached hydrogen (secondary N) is 1. The van der Waals surface area contributed by atoms with E-state index in [1.807, 2.05) is 13.8 Å². The fourth-order valence-corrected chi connectivity index (χ4v) is 2.82. The number of hydrogen-bond acceptors (Lipinski definition) is 6. The Morgan fingerprint density at radius 2 is 1.88 bits per heavy atom. The summed E-state index contributed by atoms with van der Waals surface area (Å²) in [4.78, 5) is 11.3. The molecule has 1 aromatic rings. The molecule has 8 heteroatoms. The lowest BCUT2D eigenvalue weighted by Crippen LogP contribution is -2.25. The van der Waals surface area contributed by atoms with Crippen molar-refractivity contribution in [2.45, 2.75) is 38.2 Å². The maximum Gasteiger partial charge on any atom is 0.344 e. The topological polar surface area (TPSA) is 90.9 Å². The Bertz CT molecular complexity index is 597. The Morgan fingerprint density at radius 3 is 2.46 bits per heavy atom. The van der Waals surface area contributed by atoms with Gasteiger partial charge in [-0.1, -0.05) is 0 Å². The van der Waals surface area contributed by atoms with Crippen LogP contribution in [0.3, 0.4) is 0 Å². The number of carbonyl (C=O) groups is 1. The smallest absolute Gasteiger partial charge is 0.344 e. The van der Waals surface area contributed by atoms with Gasteiger partial charge in [-0.05, 0) is 51.5 Å². The highest BCUT2D eigenvalue weighted by molar-refractivity contribution is 7.89. The molecule has 0 saturated carbocycles. The van der Waals surface area contributed by atoms with E-state index in [1.54, 1.807) is 6.92 Å². The number of esters is 1. The lowest BCUT2D eigenvalue weighted by atomic mass is 10.3. The fraction of sp³-hybridized carbons (Fsp3) is 0.562. The molecule has 0 aliphatic heterocycles. The quantitative estimate of drug-likeness (QED) is 0.478. The van der Waals surface area contributed by atoms with Crippen molar-refractivity contribution in [3.63, 3.8) is 0 Å². The summed E-state index contributed by atoms with van der Waals surface area (Å²) in [5.74, 6) is -0.0770. The summed E-state index contributed by atoms with van der Waals surface area (Å²) in [5.41, 5.74) is 0. The predicted octanol–water partition coefficient (Wildman–Crippen LogP) is 1.72. The van der Waals surface area contributed by atoms with Gasteiger partial charge >= 0.3 is 5.97 Å². The second kappa shape index (κ2) is 10.3. The van der Waals surface area contributed by atoms with E-state index in [9.17, 15) is 13.2 Å². The van der Waals surface area contributed by atoms with Crippen molar-refractivity contribution >= 4 is 16.0 Å². The molecule has 0 aliphatic carbocycles. The monoisotopic (exact) mass is 359 g/mol. The average Bonchev–Trinajstić information content (AvgIpc) is 2.53. The van der Waals surface area contributed by atoms with Gasteiger partial charge in [-0.3, -0.25) is 0 Å². The number of rotatable bonds is 11. The molecule has 0 amide bonds. The molecule has 1 aromatic carbocycles. The third-order valence-electron chi connectivity index (χ3n) is 2.86. The first-order valence-electron chi connectivity index (χ1n) is 7.85. The second-order valence-corrected chi connectivity index (χ2v) is 7.00. The molecule has 7 nitrogen and oxygen atoms in total. The van der Waals surface area contributed by atoms with Crippen LogP contribution in [0.2, 0.25) is 0 Å². The van der Waals surface area contributed by atoms with Crippen molar-refractivity contribution in [2.75, 3.05) is 26.4 Å². The van der Waals surface area contributed by atoms with Gasteiger partial charge in [-0.25, -0.2) is 17.9 Å². The van der Waals surface area contributed by atoms with Gasteiger partial charge in [0.2, 0.25) is 10.0 Å². The summed E-state index contributed by atoms with van der Waals surface area (Å²) in [6.45, 7) is 6.43. The molecule has 0 spiro atoms. The molecular formula is C16H25NO6S. The van der Waals surface area contributed by atoms with Crippen molar-refractivity contribution < 1.29 is 27.4 Å². The van der Waals surface area contributed by atoms with E-state index in [0.717, 1.165) is 0 Å². The molecular weight excluding hydrogens is 334 g/mol. The van der Waals surface area contributed by atoms with Crippen molar-refractivity contribution in [2.24, 2.45) is 0 Å². The summed E-state index contributed by atoms with van der Waals surface area (Å²) in [7, 11) is -3.57. The van der Waals surface area contributed by atoms with Crippen LogP contribution < -0.4 is 9.46 Å². The lowest BCUT2D eigenvalue weighted by molar-refractivity contribution is -0.145. The number of sulfonamides is 1. The largest absolute Gasteiger partial charge is 0.482 e. The fourth-order valence-electron chi connectivity index (χ4n) is 1.74. The van der Waals surface area contributed by atoms with E-state index in [2.05, 4.69) is 4.72 Å². The van der Waals surface area contributed by atoms with E-state index < -0.39 is 16.0 Å². The summed E-state index contributed by atoms with van der Waals surface area (Å²) in [6.07, 6.45) is 0.724. The molecule has 0 saturated heterocycles. The standard InChI is InChI=1S/C16H25NO6S/c1-4-21-16(18)12-23-14-6-8-15(9-7-14)24(19,20)17-10-5-11-22-13(2)3/h6-9,13,17H,4-5,10-12H2,1-3H3. The molecule has 1 N–H and O–H groups in total. The van der Waals surface area contributed by atoms with Crippen LogP contribution in [0.4, 0.5) is 0 Å². The summed E-state index contributed by atoms with van der Waals surface area (Å²) in [5, 5.41) is 0. The SMILES string of the molecule is CCOC(=O)COc1ccc(S(=O)(=O)NCCCOC(C)C)cc1. The molecule has 0 fully saturated rings. The zero-order chi connectivity index (χ0) is 18.0. The van der Waals surface area contributed by atoms with Gasteiger partial charge in [0.05, 0.1) is 17.6 Å². The van der Waals surface area contributed by atoms with Crippen LogP contribution in [0.1, 0.15) is 27.2 Å². The molecule has 0 unspecified atom stereocenters. The van der Waals surface area contributed by atoms with Crippen LogP contribution in [0.5, 0.6) is 5.75 Å². The first-order valence-corrected chi connectivity index (χ1v) is 9.33. The molecule has 0 atom stereocenters. The van der Waals surface area contributed by atoms with Gasteiger partial charge in [0.25, 0.3) is 0 Å². The number of ether oxygens (including phenoxy) is 3. The highest BCUT2D eigenvalue weighted by Gasteiger charge is 2.13. The van der Waals surface area contributed by atoms with Gasteiger partial charge in [-0.15, -0.1) is 0 Å². The molecule has 0 bridgehead atoms. The lowest BCUT2D eigenvalue weighted by Gasteiger charge is -2.10. The molecule has 1 rings (SSSR count). The number of carbonyl (C=O) groups excluding carboxylic acids is 1. The van der Waals surface area contributed by atoms with Crippen LogP contribution in [0.15, 0.2) is 29.2 Å². The van der Waals surface area contributed by atoms with Crippen LogP contribution in [-0.2, 0) is 24.3 Å². The summed E-state index contributed by atoms with van der Waals surface area (Å²) < 4.78 is 42.1. The molecule has 0 aromatic heterocycles. The minimum absolute atomic E-state index is 0.128. The van der Waals surface area contributed by atoms with Gasteiger partial charge in [0.1, 0.15) is 5.75 Å². The van der Waals surface area contributed by atoms with Crippen molar-refractivity contribution in [3.8, 4) is 5.75 Å². The normalized spacial score (nSPS) is 11.5. The van der Waals surface area contributed by atoms with Gasteiger partial charge in [0, 0.05) is 13.2 Å². The Balaban J connectivity index is 2.47. The van der Waals surface area contributed by atoms with Gasteiger partial charge in [0.15, 0.2) is 6.61 Å². The summed E-state index contributed by atoms with van der Waals surface area (Å²) in [6, 6.07) is 5.84. The number of hydrogen-bond donors (Lipinski definition) is 1. The zero-order valence-electron chi connectivity index (χ0n) is 14.3. The summed E-state index contributed by atoms with van der Waals surface area (Å²) >= 11 is 0. The van der Waals surface area contributed by atoms with E-state index in [-0.39, 0.29) is 24.2 Å². The first kappa shape index (κ1) is 20.4. The maximum atomic E-state index is 12.1. The van der Waals surface area contributed by atoms with E-state index in [0.29, 0.717) is 25.3 Å². The van der Waals surface area contributed by atoms with Crippen molar-refractivity contribution in [3.05, 3.63) is 24.3 Å². The van der Waals surface area contributed by atoms with Crippen LogP contribution in [0, 0.1) is 0 Å². The minimum Gasteiger partial charge on any atom is -0.482 e. The molecule has 24 heavy (non-hydrogen) atoms. The molecule has 136 valence electrons. The highest BCUT2D eigenvalue weighted by atomic mass is 32.2. The zero-order valence-corrected chi connectivity index (χ0v) is 15.1. The third kappa shape index (κ3) is 7.76. The van der Waals surface area contributed by atoms with Crippen LogP contribution in [0.25, 0.3) is 0 Å². The Morgan fingerprint density at radius 1 is 1.21 bits per heavy atom.